The van der Waals surface area contributed by atoms with Gasteiger partial charge in [-0.05, 0) is 40.7 Å². The molecule has 3 rings (SSSR count). The van der Waals surface area contributed by atoms with Gasteiger partial charge >= 0.3 is 17.9 Å². The van der Waals surface area contributed by atoms with Crippen molar-refractivity contribution >= 4 is 23.7 Å². The second-order valence-corrected chi connectivity index (χ2v) is 8.53. The summed E-state index contributed by atoms with van der Waals surface area (Å²) in [6, 6.07) is 0. The molecule has 1 fully saturated rings. The molecule has 7 heteroatoms. The van der Waals surface area contributed by atoms with Crippen LogP contribution in [-0.2, 0) is 33.4 Å². The average Bonchev–Trinajstić information content (AvgIpc) is 3.01. The molecule has 0 bridgehead atoms. The van der Waals surface area contributed by atoms with Crippen LogP contribution < -0.4 is 0 Å². The number of carbonyl (C=O) groups excluding carboxylic acids is 4. The van der Waals surface area contributed by atoms with Gasteiger partial charge in [0.05, 0.1) is 5.92 Å². The fourth-order valence-electron chi connectivity index (χ4n) is 4.54. The van der Waals surface area contributed by atoms with Crippen molar-refractivity contribution in [2.24, 2.45) is 11.8 Å². The quantitative estimate of drug-likeness (QED) is 0.396. The average molecular weight is 414 g/mol. The van der Waals surface area contributed by atoms with E-state index in [1.165, 1.54) is 26.8 Å². The van der Waals surface area contributed by atoms with Crippen LogP contribution in [0.2, 0.25) is 0 Å². The predicted octanol–water partition coefficient (Wildman–Crippen LogP) is 2.76. The van der Waals surface area contributed by atoms with E-state index >= 15 is 0 Å². The first-order chi connectivity index (χ1) is 13.9. The Bertz CT molecular complexity index is 951. The predicted molar refractivity (Wildman–Crippen MR) is 107 cm³/mol. The van der Waals surface area contributed by atoms with Crippen molar-refractivity contribution in [3.05, 3.63) is 47.1 Å². The summed E-state index contributed by atoms with van der Waals surface area (Å²) in [5, 5.41) is 0. The van der Waals surface area contributed by atoms with E-state index in [0.29, 0.717) is 5.57 Å². The maximum absolute atomic E-state index is 12.9. The fourth-order valence-corrected chi connectivity index (χ4v) is 4.54. The molecule has 0 aromatic heterocycles. The first-order valence-corrected chi connectivity index (χ1v) is 9.77. The van der Waals surface area contributed by atoms with E-state index in [2.05, 4.69) is 13.2 Å². The number of hydrogen-bond donors (Lipinski definition) is 0. The largest absolute Gasteiger partial charge is 0.458 e. The molecule has 0 aromatic carbocycles. The van der Waals surface area contributed by atoms with Gasteiger partial charge in [-0.25, -0.2) is 14.4 Å². The SMILES string of the molecule is C=C(C)C(=O)O[C@@H]1CC(C)=C2C(=O)C=C(C)[C@@H]2[C@@H]2OC(=O)[C@](C)(OC(=O)C(=C)C)[C@@H]21. The van der Waals surface area contributed by atoms with E-state index < -0.39 is 47.6 Å². The zero-order chi connectivity index (χ0) is 22.5. The number of ketones is 1. The van der Waals surface area contributed by atoms with Gasteiger partial charge in [0, 0.05) is 29.1 Å². The molecule has 7 nitrogen and oxygen atoms in total. The maximum atomic E-state index is 12.9. The normalized spacial score (nSPS) is 32.5. The van der Waals surface area contributed by atoms with E-state index in [4.69, 9.17) is 14.2 Å². The highest BCUT2D eigenvalue weighted by molar-refractivity contribution is 6.09. The molecule has 160 valence electrons. The van der Waals surface area contributed by atoms with E-state index in [1.54, 1.807) is 13.8 Å². The molecule has 0 aromatic rings. The molecule has 0 spiro atoms. The van der Waals surface area contributed by atoms with E-state index in [0.717, 1.165) is 11.1 Å². The lowest BCUT2D eigenvalue weighted by Gasteiger charge is -2.34. The van der Waals surface area contributed by atoms with Crippen LogP contribution in [0.1, 0.15) is 41.0 Å². The Morgan fingerprint density at radius 2 is 1.73 bits per heavy atom. The van der Waals surface area contributed by atoms with E-state index in [-0.39, 0.29) is 23.4 Å². The molecular formula is C23H26O7. The number of esters is 3. The summed E-state index contributed by atoms with van der Waals surface area (Å²) in [4.78, 5) is 50.3. The molecule has 0 saturated carbocycles. The minimum Gasteiger partial charge on any atom is -0.458 e. The molecule has 2 aliphatic carbocycles. The van der Waals surface area contributed by atoms with Gasteiger partial charge in [0.2, 0.25) is 5.60 Å². The zero-order valence-corrected chi connectivity index (χ0v) is 17.9. The molecule has 5 atom stereocenters. The second-order valence-electron chi connectivity index (χ2n) is 8.53. The minimum atomic E-state index is -1.71. The Labute approximate surface area is 175 Å². The monoisotopic (exact) mass is 414 g/mol. The molecule has 0 N–H and O–H groups in total. The number of fused-ring (bicyclic) bond motifs is 3. The first kappa shape index (κ1) is 21.7. The summed E-state index contributed by atoms with van der Waals surface area (Å²) in [5.41, 5.74) is 0.649. The van der Waals surface area contributed by atoms with Crippen molar-refractivity contribution in [2.75, 3.05) is 0 Å². The number of hydrogen-bond acceptors (Lipinski definition) is 7. The van der Waals surface area contributed by atoms with Crippen LogP contribution in [0.15, 0.2) is 47.1 Å². The van der Waals surface area contributed by atoms with Crippen molar-refractivity contribution < 1.29 is 33.4 Å². The second kappa shape index (κ2) is 7.38. The highest BCUT2D eigenvalue weighted by Gasteiger charge is 2.65. The van der Waals surface area contributed by atoms with Gasteiger partial charge in [-0.3, -0.25) is 4.79 Å². The standard InChI is InChI=1S/C23H26O7/c1-10(2)20(25)28-15-9-13(6)16-14(24)8-12(5)17(16)19-18(15)23(7,22(27)29-19)30-21(26)11(3)4/h8,15,17-19H,1,3,9H2,2,4-7H3/t15-,17+,18-,19+,23-/m1/s1. The van der Waals surface area contributed by atoms with Crippen LogP contribution in [0.3, 0.4) is 0 Å². The van der Waals surface area contributed by atoms with Crippen molar-refractivity contribution in [3.63, 3.8) is 0 Å². The van der Waals surface area contributed by atoms with Gasteiger partial charge < -0.3 is 14.2 Å². The van der Waals surface area contributed by atoms with Crippen molar-refractivity contribution in [3.8, 4) is 0 Å². The Balaban J connectivity index is 2.13. The van der Waals surface area contributed by atoms with Gasteiger partial charge in [-0.1, -0.05) is 24.3 Å². The lowest BCUT2D eigenvalue weighted by Crippen LogP contribution is -2.50. The Morgan fingerprint density at radius 3 is 2.30 bits per heavy atom. The molecule has 30 heavy (non-hydrogen) atoms. The van der Waals surface area contributed by atoms with Gasteiger partial charge in [0.15, 0.2) is 5.78 Å². The van der Waals surface area contributed by atoms with Crippen LogP contribution in [0.25, 0.3) is 0 Å². The third-order valence-corrected chi connectivity index (χ3v) is 6.02. The molecule has 0 radical (unpaired) electrons. The molecule has 0 unspecified atom stereocenters. The summed E-state index contributed by atoms with van der Waals surface area (Å²) in [6.07, 6.45) is 0.0608. The maximum Gasteiger partial charge on any atom is 0.351 e. The van der Waals surface area contributed by atoms with Crippen molar-refractivity contribution in [1.82, 2.24) is 0 Å². The summed E-state index contributed by atoms with van der Waals surface area (Å²) >= 11 is 0. The van der Waals surface area contributed by atoms with Crippen LogP contribution >= 0.6 is 0 Å². The van der Waals surface area contributed by atoms with Crippen LogP contribution in [0.5, 0.6) is 0 Å². The lowest BCUT2D eigenvalue weighted by molar-refractivity contribution is -0.175. The molecule has 0 amide bonds. The molecule has 1 aliphatic heterocycles. The molecular weight excluding hydrogens is 388 g/mol. The summed E-state index contributed by atoms with van der Waals surface area (Å²) in [7, 11) is 0. The smallest absolute Gasteiger partial charge is 0.351 e. The number of rotatable bonds is 4. The third-order valence-electron chi connectivity index (χ3n) is 6.02. The van der Waals surface area contributed by atoms with E-state index in [9.17, 15) is 19.2 Å². The summed E-state index contributed by atoms with van der Waals surface area (Å²) < 4.78 is 17.0. The van der Waals surface area contributed by atoms with Gasteiger partial charge in [-0.15, -0.1) is 0 Å². The minimum absolute atomic E-state index is 0.124. The van der Waals surface area contributed by atoms with Crippen molar-refractivity contribution in [1.29, 1.82) is 0 Å². The Kier molecular flexibility index (Phi) is 5.35. The lowest BCUT2D eigenvalue weighted by atomic mass is 9.77. The molecule has 1 heterocycles. The first-order valence-electron chi connectivity index (χ1n) is 9.77. The number of carbonyl (C=O) groups is 4. The number of allylic oxidation sites excluding steroid dienone is 1. The van der Waals surface area contributed by atoms with Crippen LogP contribution in [-0.4, -0.2) is 41.5 Å². The summed E-state index contributed by atoms with van der Waals surface area (Å²) in [5.74, 6) is -3.56. The molecule has 3 aliphatic rings. The van der Waals surface area contributed by atoms with Crippen LogP contribution in [0, 0.1) is 11.8 Å². The van der Waals surface area contributed by atoms with Crippen molar-refractivity contribution in [2.45, 2.75) is 58.8 Å². The topological polar surface area (TPSA) is 96.0 Å². The highest BCUT2D eigenvalue weighted by atomic mass is 16.6. The van der Waals surface area contributed by atoms with Crippen LogP contribution in [0.4, 0.5) is 0 Å². The third kappa shape index (κ3) is 3.32. The highest BCUT2D eigenvalue weighted by Crippen LogP contribution is 2.51. The summed E-state index contributed by atoms with van der Waals surface area (Å²) in [6.45, 7) is 15.2. The van der Waals surface area contributed by atoms with E-state index in [1.807, 2.05) is 0 Å². The van der Waals surface area contributed by atoms with Gasteiger partial charge in [0.1, 0.15) is 12.2 Å². The van der Waals surface area contributed by atoms with Gasteiger partial charge in [-0.2, -0.15) is 0 Å². The zero-order valence-electron chi connectivity index (χ0n) is 17.9. The van der Waals surface area contributed by atoms with Gasteiger partial charge in [0.25, 0.3) is 0 Å². The fraction of sp³-hybridized carbons (Fsp3) is 0.478. The molecule has 1 saturated heterocycles. The Morgan fingerprint density at radius 1 is 1.13 bits per heavy atom. The number of ether oxygens (including phenoxy) is 3. The Hall–Kier alpha value is -2.96.